The number of halogens is 1. The van der Waals surface area contributed by atoms with Gasteiger partial charge in [-0.1, -0.05) is 40.1 Å². The molecular formula is C18H17BrN4O2. The molecule has 0 aliphatic carbocycles. The number of hydrogen-bond acceptors (Lipinski definition) is 5. The van der Waals surface area contributed by atoms with Gasteiger partial charge in [0.1, 0.15) is 5.69 Å². The largest absolute Gasteiger partial charge is 0.341 e. The molecule has 0 spiro atoms. The summed E-state index contributed by atoms with van der Waals surface area (Å²) in [7, 11) is 0. The van der Waals surface area contributed by atoms with Crippen LogP contribution in [0.1, 0.15) is 41.4 Å². The molecule has 1 N–H and O–H groups in total. The lowest BCUT2D eigenvalue weighted by atomic mass is 10.2. The number of rotatable bonds is 5. The second kappa shape index (κ2) is 7.57. The van der Waals surface area contributed by atoms with Crippen molar-refractivity contribution >= 4 is 21.8 Å². The summed E-state index contributed by atoms with van der Waals surface area (Å²) in [5.74, 6) is 0.598. The summed E-state index contributed by atoms with van der Waals surface area (Å²) in [5, 5.41) is 6.93. The minimum absolute atomic E-state index is 0.260. The molecule has 3 aromatic rings. The Kier molecular flexibility index (Phi) is 5.23. The fourth-order valence-electron chi connectivity index (χ4n) is 2.37. The van der Waals surface area contributed by atoms with Gasteiger partial charge in [-0.15, -0.1) is 0 Å². The number of carbonyl (C=O) groups excluding carboxylic acids is 1. The SMILES string of the molecule is CC[C@@H](NC(=O)c1cccc(C)n1)c1noc(-c2cccc(Br)c2)n1. The van der Waals surface area contributed by atoms with E-state index in [4.69, 9.17) is 4.52 Å². The Hall–Kier alpha value is -2.54. The smallest absolute Gasteiger partial charge is 0.270 e. The average Bonchev–Trinajstić information content (AvgIpc) is 3.09. The number of benzene rings is 1. The first-order valence-corrected chi connectivity index (χ1v) is 8.70. The highest BCUT2D eigenvalue weighted by Crippen LogP contribution is 2.23. The number of aryl methyl sites for hydroxylation is 1. The highest BCUT2D eigenvalue weighted by Gasteiger charge is 2.21. The van der Waals surface area contributed by atoms with E-state index in [2.05, 4.69) is 36.4 Å². The summed E-state index contributed by atoms with van der Waals surface area (Å²) in [6.07, 6.45) is 0.634. The number of carbonyl (C=O) groups is 1. The predicted octanol–water partition coefficient (Wildman–Crippen LogP) is 4.08. The Morgan fingerprint density at radius 1 is 1.24 bits per heavy atom. The van der Waals surface area contributed by atoms with Gasteiger partial charge in [-0.3, -0.25) is 4.79 Å². The van der Waals surface area contributed by atoms with Crippen LogP contribution in [0.4, 0.5) is 0 Å². The number of amides is 1. The van der Waals surface area contributed by atoms with Gasteiger partial charge in [0.25, 0.3) is 11.8 Å². The number of pyridine rings is 1. The highest BCUT2D eigenvalue weighted by molar-refractivity contribution is 9.10. The molecule has 3 rings (SSSR count). The Balaban J connectivity index is 1.78. The van der Waals surface area contributed by atoms with Crippen molar-refractivity contribution in [3.05, 3.63) is 64.1 Å². The standard InChI is InChI=1S/C18H17BrN4O2/c1-3-14(21-17(24)15-9-4-6-11(2)20-15)16-22-18(25-23-16)12-7-5-8-13(19)10-12/h4-10,14H,3H2,1-2H3,(H,21,24)/t14-/m1/s1. The first kappa shape index (κ1) is 17.3. The molecule has 0 aliphatic heterocycles. The van der Waals surface area contributed by atoms with Gasteiger partial charge < -0.3 is 9.84 Å². The molecule has 0 saturated heterocycles. The molecule has 1 amide bonds. The van der Waals surface area contributed by atoms with Gasteiger partial charge in [0.05, 0.1) is 6.04 Å². The lowest BCUT2D eigenvalue weighted by Gasteiger charge is -2.12. The van der Waals surface area contributed by atoms with Crippen LogP contribution < -0.4 is 5.32 Å². The minimum Gasteiger partial charge on any atom is -0.341 e. The van der Waals surface area contributed by atoms with Crippen molar-refractivity contribution in [3.8, 4) is 11.5 Å². The fraction of sp³-hybridized carbons (Fsp3) is 0.222. The maximum Gasteiger partial charge on any atom is 0.270 e. The topological polar surface area (TPSA) is 80.9 Å². The van der Waals surface area contributed by atoms with Crippen LogP contribution >= 0.6 is 15.9 Å². The molecular weight excluding hydrogens is 384 g/mol. The van der Waals surface area contributed by atoms with Crippen LogP contribution in [0.3, 0.4) is 0 Å². The number of hydrogen-bond donors (Lipinski definition) is 1. The van der Waals surface area contributed by atoms with Gasteiger partial charge in [-0.25, -0.2) is 4.98 Å². The molecule has 0 fully saturated rings. The molecule has 0 saturated carbocycles. The third-order valence-electron chi connectivity index (χ3n) is 3.66. The molecule has 128 valence electrons. The first-order valence-electron chi connectivity index (χ1n) is 7.91. The average molecular weight is 401 g/mol. The zero-order valence-electron chi connectivity index (χ0n) is 13.9. The van der Waals surface area contributed by atoms with E-state index in [1.54, 1.807) is 12.1 Å². The van der Waals surface area contributed by atoms with Crippen molar-refractivity contribution in [2.24, 2.45) is 0 Å². The normalized spacial score (nSPS) is 12.0. The van der Waals surface area contributed by atoms with Gasteiger partial charge in [0, 0.05) is 15.7 Å². The van der Waals surface area contributed by atoms with Crippen molar-refractivity contribution in [1.82, 2.24) is 20.4 Å². The van der Waals surface area contributed by atoms with Crippen LogP contribution in [0, 0.1) is 6.92 Å². The monoisotopic (exact) mass is 400 g/mol. The predicted molar refractivity (Wildman–Crippen MR) is 96.9 cm³/mol. The van der Waals surface area contributed by atoms with E-state index in [0.29, 0.717) is 23.8 Å². The van der Waals surface area contributed by atoms with Crippen molar-refractivity contribution < 1.29 is 9.32 Å². The number of nitrogens with zero attached hydrogens (tertiary/aromatic N) is 3. The summed E-state index contributed by atoms with van der Waals surface area (Å²) >= 11 is 3.42. The summed E-state index contributed by atoms with van der Waals surface area (Å²) in [6, 6.07) is 12.6. The second-order valence-electron chi connectivity index (χ2n) is 5.57. The van der Waals surface area contributed by atoms with Crippen LogP contribution in [-0.4, -0.2) is 21.0 Å². The van der Waals surface area contributed by atoms with E-state index in [1.807, 2.05) is 44.2 Å². The Morgan fingerprint density at radius 3 is 2.76 bits per heavy atom. The third kappa shape index (κ3) is 4.11. The third-order valence-corrected chi connectivity index (χ3v) is 4.15. The van der Waals surface area contributed by atoms with E-state index in [-0.39, 0.29) is 11.9 Å². The lowest BCUT2D eigenvalue weighted by Crippen LogP contribution is -2.29. The molecule has 2 aromatic heterocycles. The molecule has 7 heteroatoms. The lowest BCUT2D eigenvalue weighted by molar-refractivity contribution is 0.0928. The molecule has 0 unspecified atom stereocenters. The maximum absolute atomic E-state index is 12.4. The second-order valence-corrected chi connectivity index (χ2v) is 6.48. The molecule has 1 aromatic carbocycles. The summed E-state index contributed by atoms with van der Waals surface area (Å²) in [4.78, 5) is 21.1. The quantitative estimate of drug-likeness (QED) is 0.697. The number of aromatic nitrogens is 3. The van der Waals surface area contributed by atoms with Crippen LogP contribution in [0.5, 0.6) is 0 Å². The van der Waals surface area contributed by atoms with Crippen LogP contribution in [0.15, 0.2) is 51.5 Å². The Morgan fingerprint density at radius 2 is 2.04 bits per heavy atom. The first-order chi connectivity index (χ1) is 12.1. The highest BCUT2D eigenvalue weighted by atomic mass is 79.9. The van der Waals surface area contributed by atoms with Crippen LogP contribution in [0.2, 0.25) is 0 Å². The van der Waals surface area contributed by atoms with Gasteiger partial charge >= 0.3 is 0 Å². The molecule has 0 aliphatic rings. The molecule has 0 radical (unpaired) electrons. The van der Waals surface area contributed by atoms with Crippen molar-refractivity contribution in [2.75, 3.05) is 0 Å². The van der Waals surface area contributed by atoms with Crippen LogP contribution in [-0.2, 0) is 0 Å². The van der Waals surface area contributed by atoms with Crippen molar-refractivity contribution in [1.29, 1.82) is 0 Å². The van der Waals surface area contributed by atoms with Crippen molar-refractivity contribution in [3.63, 3.8) is 0 Å². The van der Waals surface area contributed by atoms with Crippen molar-refractivity contribution in [2.45, 2.75) is 26.3 Å². The summed E-state index contributed by atoms with van der Waals surface area (Å²) in [5.41, 5.74) is 1.97. The van der Waals surface area contributed by atoms with E-state index in [0.717, 1.165) is 15.7 Å². The molecule has 1 atom stereocenters. The van der Waals surface area contributed by atoms with Gasteiger partial charge in [0.2, 0.25) is 0 Å². The molecule has 2 heterocycles. The number of nitrogens with one attached hydrogen (secondary N) is 1. The zero-order chi connectivity index (χ0) is 17.8. The zero-order valence-corrected chi connectivity index (χ0v) is 15.4. The molecule has 6 nitrogen and oxygen atoms in total. The van der Waals surface area contributed by atoms with E-state index in [1.165, 1.54) is 0 Å². The van der Waals surface area contributed by atoms with E-state index in [9.17, 15) is 4.79 Å². The molecule has 0 bridgehead atoms. The van der Waals surface area contributed by atoms with Gasteiger partial charge in [-0.2, -0.15) is 4.98 Å². The molecule has 25 heavy (non-hydrogen) atoms. The minimum atomic E-state index is -0.348. The van der Waals surface area contributed by atoms with Gasteiger partial charge in [-0.05, 0) is 43.7 Å². The fourth-order valence-corrected chi connectivity index (χ4v) is 2.77. The summed E-state index contributed by atoms with van der Waals surface area (Å²) < 4.78 is 6.27. The summed E-state index contributed by atoms with van der Waals surface area (Å²) in [6.45, 7) is 3.79. The van der Waals surface area contributed by atoms with E-state index >= 15 is 0 Å². The van der Waals surface area contributed by atoms with E-state index < -0.39 is 0 Å². The Bertz CT molecular complexity index is 894. The Labute approximate surface area is 153 Å². The maximum atomic E-state index is 12.4. The van der Waals surface area contributed by atoms with Gasteiger partial charge in [0.15, 0.2) is 5.82 Å². The van der Waals surface area contributed by atoms with Crippen LogP contribution in [0.25, 0.3) is 11.5 Å².